The van der Waals surface area contributed by atoms with Crippen LogP contribution in [0.25, 0.3) is 0 Å². The molecule has 1 rings (SSSR count). The van der Waals surface area contributed by atoms with Crippen LogP contribution in [-0.4, -0.2) is 20.1 Å². The molecule has 0 saturated carbocycles. The highest BCUT2D eigenvalue weighted by Crippen LogP contribution is 2.20. The lowest BCUT2D eigenvalue weighted by atomic mass is 10.3. The van der Waals surface area contributed by atoms with Crippen molar-refractivity contribution >= 4 is 38.9 Å². The van der Waals surface area contributed by atoms with Crippen LogP contribution in [0.15, 0.2) is 18.2 Å². The minimum Gasteiger partial charge on any atom is -0.281 e. The van der Waals surface area contributed by atoms with Gasteiger partial charge in [-0.15, -0.1) is 11.6 Å². The van der Waals surface area contributed by atoms with Gasteiger partial charge in [0.2, 0.25) is 10.0 Å². The predicted octanol–water partition coefficient (Wildman–Crippen LogP) is 3.24. The van der Waals surface area contributed by atoms with Crippen molar-refractivity contribution in [2.45, 2.75) is 12.8 Å². The molecule has 17 heavy (non-hydrogen) atoms. The van der Waals surface area contributed by atoms with Crippen LogP contribution in [-0.2, 0) is 10.0 Å². The number of unbranched alkanes of at least 4 members (excludes halogenated alkanes) is 1. The zero-order valence-electron chi connectivity index (χ0n) is 8.92. The normalized spacial score (nSPS) is 11.5. The first-order valence-electron chi connectivity index (χ1n) is 4.96. The summed E-state index contributed by atoms with van der Waals surface area (Å²) in [5.74, 6) is -0.370. The minimum atomic E-state index is -3.53. The van der Waals surface area contributed by atoms with E-state index in [9.17, 15) is 12.8 Å². The van der Waals surface area contributed by atoms with E-state index in [1.807, 2.05) is 0 Å². The van der Waals surface area contributed by atoms with E-state index >= 15 is 0 Å². The number of nitrogens with one attached hydrogen (secondary N) is 1. The smallest absolute Gasteiger partial charge is 0.232 e. The number of halogens is 3. The predicted molar refractivity (Wildman–Crippen MR) is 68.8 cm³/mol. The summed E-state index contributed by atoms with van der Waals surface area (Å²) in [6.07, 6.45) is 1.04. The molecule has 0 aliphatic heterocycles. The quantitative estimate of drug-likeness (QED) is 0.647. The summed E-state index contributed by atoms with van der Waals surface area (Å²) < 4.78 is 38.6. The van der Waals surface area contributed by atoms with Gasteiger partial charge in [-0.05, 0) is 31.0 Å². The van der Waals surface area contributed by atoms with Gasteiger partial charge >= 0.3 is 0 Å². The van der Waals surface area contributed by atoms with Crippen molar-refractivity contribution in [1.29, 1.82) is 0 Å². The Bertz CT molecular complexity index is 479. The van der Waals surface area contributed by atoms with Gasteiger partial charge in [0, 0.05) is 10.9 Å². The molecule has 0 bridgehead atoms. The Morgan fingerprint density at radius 2 is 2.00 bits per heavy atom. The van der Waals surface area contributed by atoms with E-state index in [2.05, 4.69) is 4.72 Å². The first-order chi connectivity index (χ1) is 7.94. The summed E-state index contributed by atoms with van der Waals surface area (Å²) in [7, 11) is -3.53. The molecule has 0 aliphatic rings. The molecule has 1 aromatic carbocycles. The van der Waals surface area contributed by atoms with E-state index in [-0.39, 0.29) is 16.5 Å². The molecule has 0 saturated heterocycles. The fraction of sp³-hybridized carbons (Fsp3) is 0.400. The summed E-state index contributed by atoms with van der Waals surface area (Å²) in [4.78, 5) is 0. The van der Waals surface area contributed by atoms with Crippen molar-refractivity contribution in [2.24, 2.45) is 0 Å². The third kappa shape index (κ3) is 5.10. The zero-order valence-corrected chi connectivity index (χ0v) is 11.2. The van der Waals surface area contributed by atoms with Crippen LogP contribution in [0.5, 0.6) is 0 Å². The first-order valence-corrected chi connectivity index (χ1v) is 7.52. The Morgan fingerprint density at radius 1 is 1.29 bits per heavy atom. The van der Waals surface area contributed by atoms with Crippen molar-refractivity contribution in [2.75, 3.05) is 16.4 Å². The van der Waals surface area contributed by atoms with Gasteiger partial charge in [0.15, 0.2) is 0 Å². The molecule has 0 unspecified atom stereocenters. The lowest BCUT2D eigenvalue weighted by molar-refractivity contribution is 0.595. The number of sulfonamides is 1. The van der Waals surface area contributed by atoms with E-state index in [4.69, 9.17) is 23.2 Å². The highest BCUT2D eigenvalue weighted by atomic mass is 35.5. The zero-order chi connectivity index (χ0) is 12.9. The standard InChI is InChI=1S/C10H12Cl2FNO2S/c11-5-1-2-6-17(15,16)14-10-4-3-8(12)7-9(10)13/h3-4,7,14H,1-2,5-6H2. The number of benzene rings is 1. The number of anilines is 1. The number of rotatable bonds is 6. The lowest BCUT2D eigenvalue weighted by Gasteiger charge is -2.08. The molecule has 0 spiro atoms. The molecule has 0 atom stereocenters. The van der Waals surface area contributed by atoms with Crippen molar-refractivity contribution in [3.05, 3.63) is 29.0 Å². The highest BCUT2D eigenvalue weighted by molar-refractivity contribution is 7.92. The lowest BCUT2D eigenvalue weighted by Crippen LogP contribution is -2.17. The van der Waals surface area contributed by atoms with Gasteiger partial charge < -0.3 is 0 Å². The van der Waals surface area contributed by atoms with Crippen LogP contribution in [0.2, 0.25) is 5.02 Å². The summed E-state index contributed by atoms with van der Waals surface area (Å²) in [5, 5.41) is 0.215. The Kier molecular flexibility index (Phi) is 5.49. The Hall–Kier alpha value is -0.520. The van der Waals surface area contributed by atoms with Crippen LogP contribution >= 0.6 is 23.2 Å². The molecule has 0 amide bonds. The summed E-state index contributed by atoms with van der Waals surface area (Å²) in [6.45, 7) is 0. The molecule has 0 aromatic heterocycles. The van der Waals surface area contributed by atoms with Gasteiger partial charge in [-0.1, -0.05) is 11.6 Å². The van der Waals surface area contributed by atoms with Crippen LogP contribution in [0.4, 0.5) is 10.1 Å². The maximum atomic E-state index is 13.3. The molecule has 1 aromatic rings. The molecule has 0 aliphatic carbocycles. The fourth-order valence-electron chi connectivity index (χ4n) is 1.18. The summed E-state index contributed by atoms with van der Waals surface area (Å²) in [5.41, 5.74) is -0.0970. The van der Waals surface area contributed by atoms with E-state index in [0.717, 1.165) is 6.07 Å². The molecular formula is C10H12Cl2FNO2S. The fourth-order valence-corrected chi connectivity index (χ4v) is 2.71. The van der Waals surface area contributed by atoms with Gasteiger partial charge in [-0.2, -0.15) is 0 Å². The van der Waals surface area contributed by atoms with Gasteiger partial charge in [0.25, 0.3) is 0 Å². The van der Waals surface area contributed by atoms with Gasteiger partial charge in [0.05, 0.1) is 11.4 Å². The molecule has 0 heterocycles. The number of alkyl halides is 1. The van der Waals surface area contributed by atoms with Crippen LogP contribution < -0.4 is 4.72 Å². The second-order valence-corrected chi connectivity index (χ2v) is 6.10. The molecular weight excluding hydrogens is 288 g/mol. The molecule has 0 radical (unpaired) electrons. The third-order valence-corrected chi connectivity index (χ3v) is 3.85. The van der Waals surface area contributed by atoms with Crippen LogP contribution in [0.1, 0.15) is 12.8 Å². The van der Waals surface area contributed by atoms with Crippen molar-refractivity contribution in [3.63, 3.8) is 0 Å². The molecule has 7 heteroatoms. The van der Waals surface area contributed by atoms with Crippen LogP contribution in [0.3, 0.4) is 0 Å². The molecule has 1 N–H and O–H groups in total. The maximum absolute atomic E-state index is 13.3. The summed E-state index contributed by atoms with van der Waals surface area (Å²) in [6, 6.07) is 3.76. The largest absolute Gasteiger partial charge is 0.281 e. The van der Waals surface area contributed by atoms with Crippen LogP contribution in [0, 0.1) is 5.82 Å². The second kappa shape index (κ2) is 6.42. The third-order valence-electron chi connectivity index (χ3n) is 1.99. The van der Waals surface area contributed by atoms with Gasteiger partial charge in [-0.25, -0.2) is 12.8 Å². The molecule has 3 nitrogen and oxygen atoms in total. The minimum absolute atomic E-state index is 0.0816. The van der Waals surface area contributed by atoms with E-state index < -0.39 is 15.8 Å². The number of hydrogen-bond acceptors (Lipinski definition) is 2. The summed E-state index contributed by atoms with van der Waals surface area (Å²) >= 11 is 11.0. The maximum Gasteiger partial charge on any atom is 0.232 e. The second-order valence-electron chi connectivity index (χ2n) is 3.44. The monoisotopic (exact) mass is 299 g/mol. The molecule has 96 valence electrons. The Labute approximate surface area is 110 Å². The highest BCUT2D eigenvalue weighted by Gasteiger charge is 2.12. The van der Waals surface area contributed by atoms with Crippen molar-refractivity contribution in [1.82, 2.24) is 0 Å². The molecule has 0 fully saturated rings. The SMILES string of the molecule is O=S(=O)(CCCCCl)Nc1ccc(Cl)cc1F. The van der Waals surface area contributed by atoms with E-state index in [1.54, 1.807) is 0 Å². The van der Waals surface area contributed by atoms with Crippen molar-refractivity contribution < 1.29 is 12.8 Å². The Balaban J connectivity index is 2.69. The van der Waals surface area contributed by atoms with Gasteiger partial charge in [0.1, 0.15) is 5.82 Å². The van der Waals surface area contributed by atoms with E-state index in [1.165, 1.54) is 12.1 Å². The van der Waals surface area contributed by atoms with E-state index in [0.29, 0.717) is 18.7 Å². The topological polar surface area (TPSA) is 46.2 Å². The number of hydrogen-bond donors (Lipinski definition) is 1. The average molecular weight is 300 g/mol. The van der Waals surface area contributed by atoms with Crippen molar-refractivity contribution in [3.8, 4) is 0 Å². The first kappa shape index (κ1) is 14.5. The van der Waals surface area contributed by atoms with Gasteiger partial charge in [-0.3, -0.25) is 4.72 Å². The Morgan fingerprint density at radius 3 is 2.59 bits per heavy atom. The average Bonchev–Trinajstić information content (AvgIpc) is 2.22.